The lowest BCUT2D eigenvalue weighted by molar-refractivity contribution is -0.115. The van der Waals surface area contributed by atoms with Gasteiger partial charge in [-0.15, -0.1) is 11.3 Å². The summed E-state index contributed by atoms with van der Waals surface area (Å²) in [5.74, 6) is 0.0310. The number of carbonyl (C=O) groups excluding carboxylic acids is 1. The fraction of sp³-hybridized carbons (Fsp3) is 0.312. The molecule has 0 saturated heterocycles. The summed E-state index contributed by atoms with van der Waals surface area (Å²) in [6.07, 6.45) is 0.489. The SMILES string of the molecule is CCC(=O)Nc1ccc([C@@H](C)NCc2ccc(Cl)s2)cc1. The number of hydrogen-bond acceptors (Lipinski definition) is 3. The average molecular weight is 323 g/mol. The molecule has 1 amide bonds. The Morgan fingerprint density at radius 2 is 1.95 bits per heavy atom. The molecule has 1 aromatic carbocycles. The molecule has 3 nitrogen and oxygen atoms in total. The molecule has 0 aliphatic rings. The van der Waals surface area contributed by atoms with Gasteiger partial charge in [-0.25, -0.2) is 0 Å². The summed E-state index contributed by atoms with van der Waals surface area (Å²) < 4.78 is 0.815. The summed E-state index contributed by atoms with van der Waals surface area (Å²) in [6.45, 7) is 4.76. The van der Waals surface area contributed by atoms with Crippen LogP contribution in [0.1, 0.15) is 36.8 Å². The molecule has 5 heteroatoms. The van der Waals surface area contributed by atoms with Crippen molar-refractivity contribution in [2.45, 2.75) is 32.9 Å². The van der Waals surface area contributed by atoms with E-state index in [1.807, 2.05) is 43.3 Å². The third-order valence-corrected chi connectivity index (χ3v) is 4.46. The maximum absolute atomic E-state index is 11.3. The molecule has 2 rings (SSSR count). The maximum Gasteiger partial charge on any atom is 0.224 e. The number of nitrogens with one attached hydrogen (secondary N) is 2. The van der Waals surface area contributed by atoms with Gasteiger partial charge in [0.15, 0.2) is 0 Å². The first-order valence-electron chi connectivity index (χ1n) is 6.96. The van der Waals surface area contributed by atoms with Gasteiger partial charge in [0.1, 0.15) is 0 Å². The lowest BCUT2D eigenvalue weighted by Gasteiger charge is -2.14. The second kappa shape index (κ2) is 7.59. The zero-order chi connectivity index (χ0) is 15.2. The molecule has 1 heterocycles. The van der Waals surface area contributed by atoms with Crippen LogP contribution in [0.2, 0.25) is 4.34 Å². The molecule has 0 aliphatic heterocycles. The van der Waals surface area contributed by atoms with Crippen molar-refractivity contribution in [1.29, 1.82) is 0 Å². The summed E-state index contributed by atoms with van der Waals surface area (Å²) in [4.78, 5) is 12.5. The van der Waals surface area contributed by atoms with Gasteiger partial charge < -0.3 is 10.6 Å². The van der Waals surface area contributed by atoms with Crippen LogP contribution in [0.5, 0.6) is 0 Å². The van der Waals surface area contributed by atoms with Gasteiger partial charge >= 0.3 is 0 Å². The van der Waals surface area contributed by atoms with E-state index in [9.17, 15) is 4.79 Å². The van der Waals surface area contributed by atoms with Crippen molar-refractivity contribution < 1.29 is 4.79 Å². The molecule has 1 aromatic heterocycles. The highest BCUT2D eigenvalue weighted by Crippen LogP contribution is 2.22. The van der Waals surface area contributed by atoms with Gasteiger partial charge in [-0.3, -0.25) is 4.79 Å². The summed E-state index contributed by atoms with van der Waals surface area (Å²) in [7, 11) is 0. The predicted molar refractivity (Wildman–Crippen MR) is 89.9 cm³/mol. The fourth-order valence-electron chi connectivity index (χ4n) is 1.92. The van der Waals surface area contributed by atoms with Crippen molar-refractivity contribution in [2.75, 3.05) is 5.32 Å². The lowest BCUT2D eigenvalue weighted by Crippen LogP contribution is -2.17. The molecule has 0 fully saturated rings. The molecule has 0 aliphatic carbocycles. The van der Waals surface area contributed by atoms with Crippen LogP contribution in [-0.4, -0.2) is 5.91 Å². The maximum atomic E-state index is 11.3. The minimum absolute atomic E-state index is 0.0310. The van der Waals surface area contributed by atoms with Gasteiger partial charge in [0.25, 0.3) is 0 Å². The van der Waals surface area contributed by atoms with E-state index in [0.717, 1.165) is 16.6 Å². The van der Waals surface area contributed by atoms with E-state index >= 15 is 0 Å². The molecule has 112 valence electrons. The number of hydrogen-bond donors (Lipinski definition) is 2. The number of halogens is 1. The number of thiophene rings is 1. The Morgan fingerprint density at radius 1 is 1.24 bits per heavy atom. The zero-order valence-electron chi connectivity index (χ0n) is 12.2. The van der Waals surface area contributed by atoms with Gasteiger partial charge in [0, 0.05) is 29.6 Å². The molecule has 2 N–H and O–H groups in total. The third kappa shape index (κ3) is 4.84. The van der Waals surface area contributed by atoms with Crippen LogP contribution in [0, 0.1) is 0 Å². The molecule has 0 saturated carbocycles. The first-order valence-corrected chi connectivity index (χ1v) is 8.15. The summed E-state index contributed by atoms with van der Waals surface area (Å²) in [5.41, 5.74) is 2.02. The predicted octanol–water partition coefficient (Wildman–Crippen LogP) is 4.60. The molecule has 1 atom stereocenters. The van der Waals surface area contributed by atoms with E-state index < -0.39 is 0 Å². The Bertz CT molecular complexity index is 595. The van der Waals surface area contributed by atoms with E-state index in [1.165, 1.54) is 10.4 Å². The van der Waals surface area contributed by atoms with Crippen molar-refractivity contribution in [3.8, 4) is 0 Å². The number of rotatable bonds is 6. The normalized spacial score (nSPS) is 12.1. The van der Waals surface area contributed by atoms with Crippen molar-refractivity contribution in [3.05, 3.63) is 51.2 Å². The topological polar surface area (TPSA) is 41.1 Å². The second-order valence-electron chi connectivity index (χ2n) is 4.83. The van der Waals surface area contributed by atoms with Crippen LogP contribution < -0.4 is 10.6 Å². The highest BCUT2D eigenvalue weighted by Gasteiger charge is 2.06. The summed E-state index contributed by atoms with van der Waals surface area (Å²) >= 11 is 7.51. The molecule has 0 bridgehead atoms. The molecule has 0 spiro atoms. The molecular formula is C16H19ClN2OS. The number of anilines is 1. The van der Waals surface area contributed by atoms with Crippen LogP contribution >= 0.6 is 22.9 Å². The minimum atomic E-state index is 0.0310. The first-order chi connectivity index (χ1) is 10.1. The second-order valence-corrected chi connectivity index (χ2v) is 6.63. The van der Waals surface area contributed by atoms with Crippen LogP contribution in [-0.2, 0) is 11.3 Å². The lowest BCUT2D eigenvalue weighted by atomic mass is 10.1. The highest BCUT2D eigenvalue weighted by atomic mass is 35.5. The highest BCUT2D eigenvalue weighted by molar-refractivity contribution is 7.16. The van der Waals surface area contributed by atoms with E-state index in [0.29, 0.717) is 6.42 Å². The summed E-state index contributed by atoms with van der Waals surface area (Å²) in [6, 6.07) is 12.1. The fourth-order valence-corrected chi connectivity index (χ4v) is 2.96. The zero-order valence-corrected chi connectivity index (χ0v) is 13.7. The molecule has 2 aromatic rings. The van der Waals surface area contributed by atoms with E-state index in [2.05, 4.69) is 17.6 Å². The van der Waals surface area contributed by atoms with Crippen LogP contribution in [0.3, 0.4) is 0 Å². The van der Waals surface area contributed by atoms with Crippen LogP contribution in [0.4, 0.5) is 5.69 Å². The Morgan fingerprint density at radius 3 is 2.52 bits per heavy atom. The standard InChI is InChI=1S/C16H19ClN2OS/c1-3-16(20)19-13-6-4-12(5-7-13)11(2)18-10-14-8-9-15(17)21-14/h4-9,11,18H,3,10H2,1-2H3,(H,19,20)/t11-/m1/s1. The first kappa shape index (κ1) is 16.0. The largest absolute Gasteiger partial charge is 0.326 e. The van der Waals surface area contributed by atoms with E-state index in [-0.39, 0.29) is 11.9 Å². The van der Waals surface area contributed by atoms with Crippen molar-refractivity contribution >= 4 is 34.5 Å². The molecule has 0 radical (unpaired) electrons. The minimum Gasteiger partial charge on any atom is -0.326 e. The average Bonchev–Trinajstić information content (AvgIpc) is 2.91. The van der Waals surface area contributed by atoms with Gasteiger partial charge in [-0.05, 0) is 36.8 Å². The van der Waals surface area contributed by atoms with E-state index in [1.54, 1.807) is 11.3 Å². The van der Waals surface area contributed by atoms with Gasteiger partial charge in [-0.2, -0.15) is 0 Å². The Labute approximate surface area is 134 Å². The Kier molecular flexibility index (Phi) is 5.79. The number of benzene rings is 1. The monoisotopic (exact) mass is 322 g/mol. The van der Waals surface area contributed by atoms with Gasteiger partial charge in [0.05, 0.1) is 4.34 Å². The number of carbonyl (C=O) groups is 1. The quantitative estimate of drug-likeness (QED) is 0.816. The van der Waals surface area contributed by atoms with Crippen molar-refractivity contribution in [2.24, 2.45) is 0 Å². The molecule has 0 unspecified atom stereocenters. The Balaban J connectivity index is 1.90. The summed E-state index contributed by atoms with van der Waals surface area (Å²) in [5, 5.41) is 6.31. The number of amides is 1. The van der Waals surface area contributed by atoms with Gasteiger partial charge in [0.2, 0.25) is 5.91 Å². The third-order valence-electron chi connectivity index (χ3n) is 3.23. The smallest absolute Gasteiger partial charge is 0.224 e. The van der Waals surface area contributed by atoms with Crippen LogP contribution in [0.15, 0.2) is 36.4 Å². The van der Waals surface area contributed by atoms with E-state index in [4.69, 9.17) is 11.6 Å². The molecule has 21 heavy (non-hydrogen) atoms. The van der Waals surface area contributed by atoms with Gasteiger partial charge in [-0.1, -0.05) is 30.7 Å². The van der Waals surface area contributed by atoms with Crippen molar-refractivity contribution in [1.82, 2.24) is 5.32 Å². The van der Waals surface area contributed by atoms with Crippen LogP contribution in [0.25, 0.3) is 0 Å². The molecular weight excluding hydrogens is 304 g/mol. The van der Waals surface area contributed by atoms with Crippen molar-refractivity contribution in [3.63, 3.8) is 0 Å². The Hall–Kier alpha value is -1.36.